The highest BCUT2D eigenvalue weighted by Crippen LogP contribution is 2.00. The molecule has 1 aromatic carbocycles. The molecular weight excluding hydrogens is 196 g/mol. The van der Waals surface area contributed by atoms with E-state index in [0.29, 0.717) is 5.56 Å². The Hall–Kier alpha value is -1.68. The summed E-state index contributed by atoms with van der Waals surface area (Å²) in [6.07, 6.45) is 0. The maximum Gasteiger partial charge on any atom is 0.338 e. The number of ketones is 1. The van der Waals surface area contributed by atoms with Crippen LogP contribution in [0.3, 0.4) is 0 Å². The molecule has 0 fully saturated rings. The molecule has 1 rings (SSSR count). The lowest BCUT2D eigenvalue weighted by Gasteiger charge is -2.03. The van der Waals surface area contributed by atoms with Crippen molar-refractivity contribution in [1.29, 1.82) is 0 Å². The highest BCUT2D eigenvalue weighted by molar-refractivity contribution is 5.91. The van der Waals surface area contributed by atoms with Gasteiger partial charge in [-0.05, 0) is 12.1 Å². The zero-order valence-corrected chi connectivity index (χ0v) is 8.43. The number of hydrogen-bond donors (Lipinski definition) is 0. The molecule has 0 aromatic heterocycles. The molecule has 0 radical (unpaired) electrons. The first-order valence-electron chi connectivity index (χ1n) is 4.47. The second kappa shape index (κ2) is 5.93. The largest absolute Gasteiger partial charge is 0.454 e. The van der Waals surface area contributed by atoms with E-state index in [4.69, 9.17) is 4.74 Å². The van der Waals surface area contributed by atoms with Crippen LogP contribution in [-0.2, 0) is 14.3 Å². The van der Waals surface area contributed by atoms with Crippen LogP contribution in [0.5, 0.6) is 0 Å². The number of methoxy groups -OCH3 is 1. The molecule has 0 unspecified atom stereocenters. The van der Waals surface area contributed by atoms with Gasteiger partial charge in [0, 0.05) is 7.11 Å². The van der Waals surface area contributed by atoms with Gasteiger partial charge in [-0.15, -0.1) is 0 Å². The van der Waals surface area contributed by atoms with Crippen LogP contribution in [0.25, 0.3) is 0 Å². The minimum Gasteiger partial charge on any atom is -0.454 e. The zero-order valence-electron chi connectivity index (χ0n) is 8.43. The molecule has 4 heteroatoms. The lowest BCUT2D eigenvalue weighted by Crippen LogP contribution is -2.17. The molecule has 0 saturated carbocycles. The third kappa shape index (κ3) is 3.91. The maximum absolute atomic E-state index is 11.3. The first kappa shape index (κ1) is 11.4. The van der Waals surface area contributed by atoms with Gasteiger partial charge in [0.15, 0.2) is 12.4 Å². The van der Waals surface area contributed by atoms with Crippen molar-refractivity contribution in [2.45, 2.75) is 0 Å². The molecular formula is C11H12O4. The molecule has 0 amide bonds. The van der Waals surface area contributed by atoms with Crippen molar-refractivity contribution in [2.75, 3.05) is 20.3 Å². The average molecular weight is 208 g/mol. The molecule has 1 aromatic rings. The summed E-state index contributed by atoms with van der Waals surface area (Å²) >= 11 is 0. The Labute approximate surface area is 87.8 Å². The molecule has 0 bridgehead atoms. The molecule has 0 heterocycles. The third-order valence-corrected chi connectivity index (χ3v) is 1.68. The van der Waals surface area contributed by atoms with Gasteiger partial charge >= 0.3 is 5.97 Å². The van der Waals surface area contributed by atoms with E-state index < -0.39 is 5.97 Å². The van der Waals surface area contributed by atoms with E-state index in [2.05, 4.69) is 4.74 Å². The van der Waals surface area contributed by atoms with Gasteiger partial charge in [-0.3, -0.25) is 4.79 Å². The summed E-state index contributed by atoms with van der Waals surface area (Å²) in [5, 5.41) is 0. The van der Waals surface area contributed by atoms with E-state index in [1.807, 2.05) is 0 Å². The van der Waals surface area contributed by atoms with Crippen LogP contribution in [0.1, 0.15) is 10.4 Å². The SMILES string of the molecule is COCC(=O)COC(=O)c1ccccc1. The number of hydrogen-bond acceptors (Lipinski definition) is 4. The summed E-state index contributed by atoms with van der Waals surface area (Å²) in [5.41, 5.74) is 0.433. The molecule has 0 aliphatic carbocycles. The molecule has 4 nitrogen and oxygen atoms in total. The Morgan fingerprint density at radius 1 is 1.13 bits per heavy atom. The van der Waals surface area contributed by atoms with Gasteiger partial charge in [-0.25, -0.2) is 4.79 Å². The Balaban J connectivity index is 2.40. The van der Waals surface area contributed by atoms with E-state index in [0.717, 1.165) is 0 Å². The van der Waals surface area contributed by atoms with Gasteiger partial charge in [-0.1, -0.05) is 18.2 Å². The topological polar surface area (TPSA) is 52.6 Å². The first-order chi connectivity index (χ1) is 7.24. The quantitative estimate of drug-likeness (QED) is 0.679. The second-order valence-corrected chi connectivity index (χ2v) is 2.91. The van der Waals surface area contributed by atoms with Gasteiger partial charge in [0.05, 0.1) is 5.56 Å². The Morgan fingerprint density at radius 2 is 1.80 bits per heavy atom. The number of benzene rings is 1. The Morgan fingerprint density at radius 3 is 2.40 bits per heavy atom. The smallest absolute Gasteiger partial charge is 0.338 e. The van der Waals surface area contributed by atoms with Crippen LogP contribution < -0.4 is 0 Å². The Bertz CT molecular complexity index is 332. The Kier molecular flexibility index (Phi) is 4.50. The van der Waals surface area contributed by atoms with Crippen LogP contribution in [0.15, 0.2) is 30.3 Å². The van der Waals surface area contributed by atoms with Crippen LogP contribution in [0.4, 0.5) is 0 Å². The number of carbonyl (C=O) groups excluding carboxylic acids is 2. The normalized spacial score (nSPS) is 9.67. The second-order valence-electron chi connectivity index (χ2n) is 2.91. The highest BCUT2D eigenvalue weighted by atomic mass is 16.5. The predicted octanol–water partition coefficient (Wildman–Crippen LogP) is 1.06. The van der Waals surface area contributed by atoms with Crippen LogP contribution in [0, 0.1) is 0 Å². The van der Waals surface area contributed by atoms with Gasteiger partial charge in [0.2, 0.25) is 0 Å². The monoisotopic (exact) mass is 208 g/mol. The minimum atomic E-state index is -0.500. The number of ether oxygens (including phenoxy) is 2. The number of esters is 1. The zero-order chi connectivity index (χ0) is 11.1. The summed E-state index contributed by atoms with van der Waals surface area (Å²) in [6, 6.07) is 8.51. The van der Waals surface area contributed by atoms with Crippen LogP contribution >= 0.6 is 0 Å². The summed E-state index contributed by atoms with van der Waals surface area (Å²) < 4.78 is 9.37. The van der Waals surface area contributed by atoms with Crippen LogP contribution in [0.2, 0.25) is 0 Å². The fourth-order valence-corrected chi connectivity index (χ4v) is 1.01. The number of carbonyl (C=O) groups is 2. The van der Waals surface area contributed by atoms with Crippen molar-refractivity contribution in [3.63, 3.8) is 0 Å². The fraction of sp³-hybridized carbons (Fsp3) is 0.273. The van der Waals surface area contributed by atoms with Crippen molar-refractivity contribution in [3.8, 4) is 0 Å². The lowest BCUT2D eigenvalue weighted by atomic mass is 10.2. The molecule has 0 aliphatic rings. The van der Waals surface area contributed by atoms with Crippen LogP contribution in [-0.4, -0.2) is 32.1 Å². The van der Waals surface area contributed by atoms with Gasteiger partial charge in [-0.2, -0.15) is 0 Å². The molecule has 0 N–H and O–H groups in total. The third-order valence-electron chi connectivity index (χ3n) is 1.68. The maximum atomic E-state index is 11.3. The summed E-state index contributed by atoms with van der Waals surface area (Å²) in [5.74, 6) is -0.762. The molecule has 0 saturated heterocycles. The van der Waals surface area contributed by atoms with Crippen molar-refractivity contribution >= 4 is 11.8 Å². The summed E-state index contributed by atoms with van der Waals surface area (Å²) in [7, 11) is 1.41. The molecule has 0 aliphatic heterocycles. The number of rotatable bonds is 5. The van der Waals surface area contributed by atoms with E-state index in [9.17, 15) is 9.59 Å². The van der Waals surface area contributed by atoms with Gasteiger partial charge in [0.1, 0.15) is 6.61 Å². The van der Waals surface area contributed by atoms with Crippen molar-refractivity contribution < 1.29 is 19.1 Å². The summed E-state index contributed by atoms with van der Waals surface area (Å²) in [6.45, 7) is -0.288. The predicted molar refractivity (Wildman–Crippen MR) is 53.6 cm³/mol. The lowest BCUT2D eigenvalue weighted by molar-refractivity contribution is -0.125. The van der Waals surface area contributed by atoms with E-state index in [1.54, 1.807) is 30.3 Å². The molecule has 15 heavy (non-hydrogen) atoms. The van der Waals surface area contributed by atoms with Crippen molar-refractivity contribution in [1.82, 2.24) is 0 Å². The molecule has 0 spiro atoms. The average Bonchev–Trinajstić information content (AvgIpc) is 2.27. The van der Waals surface area contributed by atoms with Crippen molar-refractivity contribution in [2.24, 2.45) is 0 Å². The molecule has 0 atom stereocenters. The van der Waals surface area contributed by atoms with Crippen molar-refractivity contribution in [3.05, 3.63) is 35.9 Å². The van der Waals surface area contributed by atoms with E-state index in [1.165, 1.54) is 7.11 Å². The minimum absolute atomic E-state index is 0.0396. The van der Waals surface area contributed by atoms with Gasteiger partial charge in [0.25, 0.3) is 0 Å². The van der Waals surface area contributed by atoms with E-state index >= 15 is 0 Å². The summed E-state index contributed by atoms with van der Waals surface area (Å²) in [4.78, 5) is 22.3. The highest BCUT2D eigenvalue weighted by Gasteiger charge is 2.08. The number of Topliss-reactive ketones (excluding diaryl/α,β-unsaturated/α-hetero) is 1. The standard InChI is InChI=1S/C11H12O4/c1-14-7-10(12)8-15-11(13)9-5-3-2-4-6-9/h2-6H,7-8H2,1H3. The first-order valence-corrected chi connectivity index (χ1v) is 4.47. The van der Waals surface area contributed by atoms with E-state index in [-0.39, 0.29) is 19.0 Å². The molecule has 80 valence electrons. The fourth-order valence-electron chi connectivity index (χ4n) is 1.01. The van der Waals surface area contributed by atoms with Gasteiger partial charge < -0.3 is 9.47 Å².